The zero-order valence-corrected chi connectivity index (χ0v) is 11.8. The Labute approximate surface area is 117 Å². The molecule has 1 heterocycles. The lowest BCUT2D eigenvalue weighted by molar-refractivity contribution is 0.281. The van der Waals surface area contributed by atoms with E-state index < -0.39 is 6.10 Å². The van der Waals surface area contributed by atoms with Crippen LogP contribution in [0.2, 0.25) is 0 Å². The minimum atomic E-state index is -0.776. The third-order valence-electron chi connectivity index (χ3n) is 3.18. The van der Waals surface area contributed by atoms with Gasteiger partial charge in [0.25, 0.3) is 0 Å². The van der Waals surface area contributed by atoms with E-state index in [0.29, 0.717) is 12.2 Å². The van der Waals surface area contributed by atoms with Crippen molar-refractivity contribution in [3.05, 3.63) is 12.7 Å². The second-order valence-corrected chi connectivity index (χ2v) is 4.87. The number of aliphatic hydroxyl groups is 1. The van der Waals surface area contributed by atoms with Crippen LogP contribution in [0.25, 0.3) is 0 Å². The molecule has 0 aromatic heterocycles. The minimum Gasteiger partial charge on any atom is -0.377 e. The molecule has 19 heavy (non-hydrogen) atoms. The summed E-state index contributed by atoms with van der Waals surface area (Å²) in [6.07, 6.45) is 9.80. The molecule has 0 spiro atoms. The molecule has 0 saturated carbocycles. The van der Waals surface area contributed by atoms with E-state index in [9.17, 15) is 0 Å². The van der Waals surface area contributed by atoms with Gasteiger partial charge in [0.2, 0.25) is 0 Å². The van der Waals surface area contributed by atoms with Crippen molar-refractivity contribution in [1.29, 1.82) is 0 Å². The van der Waals surface area contributed by atoms with Crippen LogP contribution in [-0.2, 0) is 4.74 Å². The predicted molar refractivity (Wildman–Crippen MR) is 78.4 cm³/mol. The molecular weight excluding hydrogens is 236 g/mol. The first-order chi connectivity index (χ1) is 9.27. The summed E-state index contributed by atoms with van der Waals surface area (Å²) < 4.78 is 5.56. The van der Waals surface area contributed by atoms with Gasteiger partial charge in [-0.15, -0.1) is 0 Å². The zero-order chi connectivity index (χ0) is 13.9. The topological polar surface area (TPSA) is 32.8 Å². The van der Waals surface area contributed by atoms with Crippen molar-refractivity contribution in [1.82, 2.24) is 0 Å². The Kier molecular flexibility index (Phi) is 8.07. The molecule has 1 rings (SSSR count). The number of hydrogen-bond donors (Lipinski definition) is 1. The molecule has 2 nitrogen and oxygen atoms in total. The molecule has 2 heteroatoms. The predicted octanol–water partition coefficient (Wildman–Crippen LogP) is 3.06. The number of aliphatic hydroxyl groups excluding tert-OH is 1. The lowest BCUT2D eigenvalue weighted by Crippen LogP contribution is -1.94. The van der Waals surface area contributed by atoms with Gasteiger partial charge in [-0.3, -0.25) is 0 Å². The van der Waals surface area contributed by atoms with Gasteiger partial charge in [-0.05, 0) is 18.3 Å². The van der Waals surface area contributed by atoms with Crippen molar-refractivity contribution < 1.29 is 9.84 Å². The molecule has 1 N–H and O–H groups in total. The molecule has 0 aliphatic carbocycles. The second-order valence-electron chi connectivity index (χ2n) is 4.87. The summed E-state index contributed by atoms with van der Waals surface area (Å²) in [5.41, 5.74) is 0. The van der Waals surface area contributed by atoms with Gasteiger partial charge in [-0.25, -0.2) is 0 Å². The third kappa shape index (κ3) is 7.73. The van der Waals surface area contributed by atoms with E-state index in [1.54, 1.807) is 0 Å². The number of epoxide rings is 1. The Balaban J connectivity index is 2.03. The first kappa shape index (κ1) is 15.8. The first-order valence-electron chi connectivity index (χ1n) is 7.22. The van der Waals surface area contributed by atoms with Gasteiger partial charge in [0.05, 0.1) is 12.2 Å². The number of hydrogen-bond acceptors (Lipinski definition) is 2. The fourth-order valence-electron chi connectivity index (χ4n) is 1.93. The lowest BCUT2D eigenvalue weighted by atomic mass is 10.1. The molecule has 0 aromatic rings. The molecule has 1 aliphatic heterocycles. The number of unbranched alkanes of at least 4 members (excludes halogenated alkanes) is 4. The molecule has 3 atom stereocenters. The highest BCUT2D eigenvalue weighted by molar-refractivity contribution is 5.29. The van der Waals surface area contributed by atoms with Gasteiger partial charge in [-0.2, -0.15) is 0 Å². The van der Waals surface area contributed by atoms with E-state index in [4.69, 9.17) is 9.84 Å². The van der Waals surface area contributed by atoms with Crippen LogP contribution in [0.1, 0.15) is 51.9 Å². The molecule has 1 aliphatic rings. The van der Waals surface area contributed by atoms with Crippen LogP contribution < -0.4 is 0 Å². The van der Waals surface area contributed by atoms with Crippen molar-refractivity contribution in [3.8, 4) is 23.7 Å². The molecule has 0 bridgehead atoms. The van der Waals surface area contributed by atoms with Gasteiger partial charge in [0, 0.05) is 6.42 Å². The molecule has 104 valence electrons. The van der Waals surface area contributed by atoms with Crippen molar-refractivity contribution >= 4 is 0 Å². The summed E-state index contributed by atoms with van der Waals surface area (Å²) in [6, 6.07) is 0. The molecule has 0 aromatic carbocycles. The fourth-order valence-corrected chi connectivity index (χ4v) is 1.93. The van der Waals surface area contributed by atoms with E-state index in [1.807, 2.05) is 0 Å². The second kappa shape index (κ2) is 9.68. The van der Waals surface area contributed by atoms with Gasteiger partial charge in [-0.1, -0.05) is 63.5 Å². The first-order valence-corrected chi connectivity index (χ1v) is 7.22. The van der Waals surface area contributed by atoms with Crippen LogP contribution >= 0.6 is 0 Å². The quantitative estimate of drug-likeness (QED) is 0.315. The number of rotatable bonds is 8. The van der Waals surface area contributed by atoms with Crippen LogP contribution in [0.3, 0.4) is 0 Å². The van der Waals surface area contributed by atoms with Crippen LogP contribution in [-0.4, -0.2) is 23.4 Å². The molecular formula is C17H24O2. The van der Waals surface area contributed by atoms with Crippen molar-refractivity contribution in [2.45, 2.75) is 70.2 Å². The third-order valence-corrected chi connectivity index (χ3v) is 3.18. The summed E-state index contributed by atoms with van der Waals surface area (Å²) in [5, 5.41) is 9.10. The zero-order valence-electron chi connectivity index (χ0n) is 11.8. The van der Waals surface area contributed by atoms with Crippen molar-refractivity contribution in [2.75, 3.05) is 0 Å². The van der Waals surface area contributed by atoms with E-state index in [2.05, 4.69) is 37.2 Å². The summed E-state index contributed by atoms with van der Waals surface area (Å²) in [6.45, 7) is 5.67. The van der Waals surface area contributed by atoms with E-state index in [-0.39, 0.29) is 0 Å². The molecule has 0 radical (unpaired) electrons. The van der Waals surface area contributed by atoms with Crippen molar-refractivity contribution in [2.24, 2.45) is 0 Å². The van der Waals surface area contributed by atoms with Crippen LogP contribution in [0, 0.1) is 23.7 Å². The Bertz CT molecular complexity index is 378. The monoisotopic (exact) mass is 260 g/mol. The standard InChI is InChI=1S/C17H24O2/c1-3-5-6-7-10-13-16-17(19-16)14-11-8-9-12-15(18)4-2/h4,15-18H,2-3,5-7,10,13-14H2,1H3/t15-,16-,17-/m1/s1. The largest absolute Gasteiger partial charge is 0.377 e. The van der Waals surface area contributed by atoms with Crippen molar-refractivity contribution in [3.63, 3.8) is 0 Å². The van der Waals surface area contributed by atoms with Gasteiger partial charge >= 0.3 is 0 Å². The molecule has 0 amide bonds. The Hall–Kier alpha value is -1.22. The van der Waals surface area contributed by atoms with E-state index in [1.165, 1.54) is 38.2 Å². The van der Waals surface area contributed by atoms with Gasteiger partial charge < -0.3 is 9.84 Å². The average Bonchev–Trinajstić information content (AvgIpc) is 3.16. The highest BCUT2D eigenvalue weighted by Gasteiger charge is 2.36. The number of ether oxygens (including phenoxy) is 1. The van der Waals surface area contributed by atoms with Gasteiger partial charge in [0.15, 0.2) is 0 Å². The Morgan fingerprint density at radius 1 is 1.21 bits per heavy atom. The summed E-state index contributed by atoms with van der Waals surface area (Å²) in [5.74, 6) is 10.9. The van der Waals surface area contributed by atoms with E-state index >= 15 is 0 Å². The maximum atomic E-state index is 9.10. The molecule has 1 fully saturated rings. The summed E-state index contributed by atoms with van der Waals surface area (Å²) >= 11 is 0. The van der Waals surface area contributed by atoms with Gasteiger partial charge in [0.1, 0.15) is 6.10 Å². The molecule has 0 unspecified atom stereocenters. The normalized spacial score (nSPS) is 21.6. The average molecular weight is 260 g/mol. The fraction of sp³-hybridized carbons (Fsp3) is 0.647. The highest BCUT2D eigenvalue weighted by atomic mass is 16.6. The van der Waals surface area contributed by atoms with Crippen LogP contribution in [0.4, 0.5) is 0 Å². The SMILES string of the molecule is C=C[C@@H](O)C#CC#CC[C@H]1O[C@@H]1CCCCCCC. The van der Waals surface area contributed by atoms with E-state index in [0.717, 1.165) is 12.8 Å². The minimum absolute atomic E-state index is 0.310. The molecule has 1 saturated heterocycles. The lowest BCUT2D eigenvalue weighted by Gasteiger charge is -1.96. The maximum Gasteiger partial charge on any atom is 0.134 e. The maximum absolute atomic E-state index is 9.10. The highest BCUT2D eigenvalue weighted by Crippen LogP contribution is 2.29. The summed E-state index contributed by atoms with van der Waals surface area (Å²) in [4.78, 5) is 0. The van der Waals surface area contributed by atoms with Crippen LogP contribution in [0.5, 0.6) is 0 Å². The Morgan fingerprint density at radius 2 is 2.00 bits per heavy atom. The van der Waals surface area contributed by atoms with Crippen LogP contribution in [0.15, 0.2) is 12.7 Å². The smallest absolute Gasteiger partial charge is 0.134 e. The Morgan fingerprint density at radius 3 is 2.74 bits per heavy atom. The summed E-state index contributed by atoms with van der Waals surface area (Å²) in [7, 11) is 0.